The Bertz CT molecular complexity index is 2210. The number of nitro benzene ring substituents is 1. The molecule has 12 nitrogen and oxygen atoms in total. The molecule has 0 saturated heterocycles. The van der Waals surface area contributed by atoms with Crippen LogP contribution >= 0.6 is 23.2 Å². The standard InChI is InChI=1S/C34H28Cl2N4O8S/c1-20-26(27-17-24(48-2)12-15-30(27)39(20)34(43)22-8-10-23(35)11-9-22)19-32(41)37-29(16-21-6-4-3-5-7-21)33(42)38-49(46,47)25-13-14-28(36)31(18-25)40(44)45/h3-15,17-18,29H,16,19H2,1-2H3,(H,37,41)(H,38,42)/t29-/m0/s1. The van der Waals surface area contributed by atoms with E-state index in [9.17, 15) is 32.9 Å². The van der Waals surface area contributed by atoms with Crippen LogP contribution in [0.5, 0.6) is 5.75 Å². The van der Waals surface area contributed by atoms with E-state index in [4.69, 9.17) is 27.9 Å². The van der Waals surface area contributed by atoms with E-state index in [-0.39, 0.29) is 23.8 Å². The fourth-order valence-electron chi connectivity index (χ4n) is 5.32. The van der Waals surface area contributed by atoms with Crippen molar-refractivity contribution in [1.82, 2.24) is 14.6 Å². The zero-order valence-corrected chi connectivity index (χ0v) is 28.3. The third kappa shape index (κ3) is 7.75. The molecule has 0 aliphatic rings. The number of hydrogen-bond donors (Lipinski definition) is 2. The van der Waals surface area contributed by atoms with E-state index in [1.54, 1.807) is 79.7 Å². The topological polar surface area (TPSA) is 167 Å². The number of carbonyl (C=O) groups is 3. The van der Waals surface area contributed by atoms with Gasteiger partial charge in [0.15, 0.2) is 0 Å². The summed E-state index contributed by atoms with van der Waals surface area (Å²) in [7, 11) is -3.13. The first-order valence-electron chi connectivity index (χ1n) is 14.6. The summed E-state index contributed by atoms with van der Waals surface area (Å²) in [6.45, 7) is 1.69. The van der Waals surface area contributed by atoms with Gasteiger partial charge in [0.2, 0.25) is 5.91 Å². The number of carbonyl (C=O) groups excluding carboxylic acids is 3. The van der Waals surface area contributed by atoms with Crippen molar-refractivity contribution in [1.29, 1.82) is 0 Å². The summed E-state index contributed by atoms with van der Waals surface area (Å²) >= 11 is 11.8. The highest BCUT2D eigenvalue weighted by molar-refractivity contribution is 7.90. The van der Waals surface area contributed by atoms with Crippen molar-refractivity contribution in [3.05, 3.63) is 134 Å². The summed E-state index contributed by atoms with van der Waals surface area (Å²) in [5, 5.41) is 14.7. The molecule has 1 aromatic heterocycles. The van der Waals surface area contributed by atoms with Crippen LogP contribution in [0.25, 0.3) is 10.9 Å². The summed E-state index contributed by atoms with van der Waals surface area (Å²) in [4.78, 5) is 50.8. The van der Waals surface area contributed by atoms with E-state index in [0.717, 1.165) is 18.2 Å². The van der Waals surface area contributed by atoms with E-state index in [1.807, 2.05) is 4.72 Å². The highest BCUT2D eigenvalue weighted by atomic mass is 35.5. The van der Waals surface area contributed by atoms with Gasteiger partial charge in [-0.25, -0.2) is 13.1 Å². The molecule has 0 aliphatic heterocycles. The van der Waals surface area contributed by atoms with Gasteiger partial charge in [0, 0.05) is 34.2 Å². The Kier molecular flexibility index (Phi) is 10.4. The summed E-state index contributed by atoms with van der Waals surface area (Å²) < 4.78 is 35.1. The second-order valence-corrected chi connectivity index (χ2v) is 13.4. The van der Waals surface area contributed by atoms with E-state index in [2.05, 4.69) is 5.32 Å². The third-order valence-corrected chi connectivity index (χ3v) is 9.68. The molecule has 0 unspecified atom stereocenters. The molecule has 49 heavy (non-hydrogen) atoms. The summed E-state index contributed by atoms with van der Waals surface area (Å²) in [6.07, 6.45) is -0.372. The number of methoxy groups -OCH3 is 1. The fraction of sp³-hybridized carbons (Fsp3) is 0.147. The largest absolute Gasteiger partial charge is 0.497 e. The highest BCUT2D eigenvalue weighted by Gasteiger charge is 2.29. The second kappa shape index (κ2) is 14.5. The Morgan fingerprint density at radius 1 is 0.959 bits per heavy atom. The lowest BCUT2D eigenvalue weighted by atomic mass is 10.0. The van der Waals surface area contributed by atoms with Crippen molar-refractivity contribution in [3.63, 3.8) is 0 Å². The van der Waals surface area contributed by atoms with Gasteiger partial charge in [-0.1, -0.05) is 53.5 Å². The molecule has 2 N–H and O–H groups in total. The van der Waals surface area contributed by atoms with Crippen LogP contribution in [0, 0.1) is 17.0 Å². The predicted octanol–water partition coefficient (Wildman–Crippen LogP) is 5.64. The van der Waals surface area contributed by atoms with Crippen LogP contribution in [0.4, 0.5) is 5.69 Å². The molecule has 0 spiro atoms. The number of nitro groups is 1. The Hall–Kier alpha value is -5.24. The van der Waals surface area contributed by atoms with E-state index in [0.29, 0.717) is 44.1 Å². The number of rotatable bonds is 11. The van der Waals surface area contributed by atoms with Gasteiger partial charge in [-0.3, -0.25) is 29.1 Å². The maximum Gasteiger partial charge on any atom is 0.289 e. The molecule has 0 aliphatic carbocycles. The fourth-order valence-corrected chi connectivity index (χ4v) is 6.67. The van der Waals surface area contributed by atoms with Gasteiger partial charge in [0.1, 0.15) is 16.8 Å². The van der Waals surface area contributed by atoms with Crippen LogP contribution in [0.2, 0.25) is 10.0 Å². The maximum absolute atomic E-state index is 13.7. The number of halogens is 2. The van der Waals surface area contributed by atoms with Gasteiger partial charge >= 0.3 is 0 Å². The van der Waals surface area contributed by atoms with Crippen molar-refractivity contribution in [2.24, 2.45) is 0 Å². The van der Waals surface area contributed by atoms with Gasteiger partial charge in [-0.2, -0.15) is 0 Å². The number of fused-ring (bicyclic) bond motifs is 1. The maximum atomic E-state index is 13.7. The molecule has 1 heterocycles. The summed E-state index contributed by atoms with van der Waals surface area (Å²) in [5.74, 6) is -1.59. The molecule has 5 rings (SSSR count). The van der Waals surface area contributed by atoms with Crippen LogP contribution in [0.3, 0.4) is 0 Å². The number of aromatic nitrogens is 1. The van der Waals surface area contributed by atoms with Gasteiger partial charge in [-0.15, -0.1) is 0 Å². The first-order valence-corrected chi connectivity index (χ1v) is 16.8. The van der Waals surface area contributed by atoms with Gasteiger partial charge in [0.25, 0.3) is 27.5 Å². The minimum absolute atomic E-state index is 0.0850. The minimum Gasteiger partial charge on any atom is -0.497 e. The highest BCUT2D eigenvalue weighted by Crippen LogP contribution is 2.31. The minimum atomic E-state index is -4.62. The van der Waals surface area contributed by atoms with E-state index in [1.165, 1.54) is 11.7 Å². The predicted molar refractivity (Wildman–Crippen MR) is 184 cm³/mol. The molecule has 15 heteroatoms. The third-order valence-electron chi connectivity index (χ3n) is 7.77. The Labute approximate surface area is 290 Å². The van der Waals surface area contributed by atoms with Crippen LogP contribution < -0.4 is 14.8 Å². The Morgan fingerprint density at radius 3 is 2.31 bits per heavy atom. The number of amides is 2. The number of sulfonamides is 1. The van der Waals surface area contributed by atoms with Crippen LogP contribution in [0.15, 0.2) is 95.9 Å². The molecule has 0 radical (unpaired) electrons. The SMILES string of the molecule is COc1ccc2c(c1)c(CC(=O)N[C@@H](Cc1ccccc1)C(=O)NS(=O)(=O)c1ccc(Cl)c([N+](=O)[O-])c1)c(C)n2C(=O)c1ccc(Cl)cc1. The lowest BCUT2D eigenvalue weighted by molar-refractivity contribution is -0.384. The quantitative estimate of drug-likeness (QED) is 0.131. The Morgan fingerprint density at radius 2 is 1.65 bits per heavy atom. The molecule has 4 aromatic carbocycles. The zero-order chi connectivity index (χ0) is 35.5. The van der Waals surface area contributed by atoms with E-state index >= 15 is 0 Å². The first-order chi connectivity index (χ1) is 23.3. The number of benzene rings is 4. The van der Waals surface area contributed by atoms with Crippen LogP contribution in [-0.4, -0.2) is 48.8 Å². The van der Waals surface area contributed by atoms with Crippen molar-refractivity contribution in [2.45, 2.75) is 30.7 Å². The van der Waals surface area contributed by atoms with Crippen LogP contribution in [-0.2, 0) is 32.5 Å². The molecule has 1 atom stereocenters. The molecule has 0 bridgehead atoms. The molecule has 0 fully saturated rings. The van der Waals surface area contributed by atoms with Crippen molar-refractivity contribution in [3.8, 4) is 5.75 Å². The first kappa shape index (κ1) is 35.1. The lowest BCUT2D eigenvalue weighted by Crippen LogP contribution is -2.49. The van der Waals surface area contributed by atoms with Crippen molar-refractivity contribution >= 4 is 67.5 Å². The Balaban J connectivity index is 1.46. The average Bonchev–Trinajstić information content (AvgIpc) is 3.34. The average molecular weight is 724 g/mol. The molecule has 2 amide bonds. The number of nitrogens with one attached hydrogen (secondary N) is 2. The van der Waals surface area contributed by atoms with Gasteiger partial charge in [0.05, 0.1) is 28.9 Å². The van der Waals surface area contributed by atoms with Crippen molar-refractivity contribution in [2.75, 3.05) is 7.11 Å². The van der Waals surface area contributed by atoms with Gasteiger partial charge in [-0.05, 0) is 72.6 Å². The molecular formula is C34H28Cl2N4O8S. The molecule has 0 saturated carbocycles. The molecule has 5 aromatic rings. The number of ether oxygens (including phenoxy) is 1. The number of nitrogens with zero attached hydrogens (tertiary/aromatic N) is 2. The monoisotopic (exact) mass is 722 g/mol. The van der Waals surface area contributed by atoms with Crippen molar-refractivity contribution < 1.29 is 32.5 Å². The molecule has 252 valence electrons. The van der Waals surface area contributed by atoms with Gasteiger partial charge < -0.3 is 10.1 Å². The second-order valence-electron chi connectivity index (χ2n) is 10.9. The molecular weight excluding hydrogens is 695 g/mol. The summed E-state index contributed by atoms with van der Waals surface area (Å²) in [6, 6.07) is 21.5. The zero-order valence-electron chi connectivity index (χ0n) is 26.0. The normalized spacial score (nSPS) is 11.9. The smallest absolute Gasteiger partial charge is 0.289 e. The lowest BCUT2D eigenvalue weighted by Gasteiger charge is -2.19. The van der Waals surface area contributed by atoms with E-state index < -0.39 is 43.4 Å². The van der Waals surface area contributed by atoms with Crippen LogP contribution in [0.1, 0.15) is 27.2 Å². The number of hydrogen-bond acceptors (Lipinski definition) is 8. The summed E-state index contributed by atoms with van der Waals surface area (Å²) in [5.41, 5.74) is 1.79.